The van der Waals surface area contributed by atoms with Crippen molar-refractivity contribution in [2.24, 2.45) is 0 Å². The van der Waals surface area contributed by atoms with Crippen LogP contribution in [-0.2, 0) is 11.2 Å². The molecule has 3 rings (SSSR count). The molecule has 0 atom stereocenters. The zero-order valence-electron chi connectivity index (χ0n) is 18.2. The molecule has 0 radical (unpaired) electrons. The van der Waals surface area contributed by atoms with Gasteiger partial charge in [0.15, 0.2) is 18.1 Å². The van der Waals surface area contributed by atoms with Crippen LogP contribution >= 0.6 is 0 Å². The quantitative estimate of drug-likeness (QED) is 0.190. The Hall–Kier alpha value is -4.04. The van der Waals surface area contributed by atoms with Crippen molar-refractivity contribution in [3.8, 4) is 23.3 Å². The van der Waals surface area contributed by atoms with E-state index in [0.717, 1.165) is 24.0 Å². The van der Waals surface area contributed by atoms with E-state index in [0.29, 0.717) is 17.1 Å². The Balaban J connectivity index is 1.66. The first-order valence-electron chi connectivity index (χ1n) is 10.4. The predicted molar refractivity (Wildman–Crippen MR) is 124 cm³/mol. The van der Waals surface area contributed by atoms with Crippen LogP contribution in [0.2, 0.25) is 0 Å². The first kappa shape index (κ1) is 22.6. The van der Waals surface area contributed by atoms with Crippen molar-refractivity contribution in [1.29, 1.82) is 5.26 Å². The van der Waals surface area contributed by atoms with Gasteiger partial charge in [0.1, 0.15) is 5.75 Å². The van der Waals surface area contributed by atoms with Crippen LogP contribution in [-0.4, -0.2) is 19.7 Å². The summed E-state index contributed by atoms with van der Waals surface area (Å²) >= 11 is 0. The van der Waals surface area contributed by atoms with Gasteiger partial charge in [-0.3, -0.25) is 0 Å². The van der Waals surface area contributed by atoms with Gasteiger partial charge in [-0.15, -0.1) is 0 Å². The van der Waals surface area contributed by atoms with Gasteiger partial charge in [0.25, 0.3) is 0 Å². The molecule has 0 unspecified atom stereocenters. The normalized spacial score (nSPS) is 10.8. The topological polar surface area (TPSA) is 68.5 Å². The lowest BCUT2D eigenvalue weighted by Gasteiger charge is -2.11. The standard InChI is InChI=1S/C27H25NO4/c1-3-7-20-10-13-24(14-11-20)31-19-27(29)32-25-15-12-21(17-26(25)30-2)16-23(18-28)22-8-5-4-6-9-22/h4-6,8-17H,3,7,19H2,1-2H3. The van der Waals surface area contributed by atoms with Crippen molar-refractivity contribution in [3.63, 3.8) is 0 Å². The van der Waals surface area contributed by atoms with E-state index in [9.17, 15) is 10.1 Å². The van der Waals surface area contributed by atoms with Gasteiger partial charge in [-0.1, -0.05) is 61.9 Å². The number of carbonyl (C=O) groups is 1. The third kappa shape index (κ3) is 6.23. The highest BCUT2D eigenvalue weighted by Crippen LogP contribution is 2.30. The number of nitriles is 1. The zero-order valence-corrected chi connectivity index (χ0v) is 18.2. The third-order valence-corrected chi connectivity index (χ3v) is 4.75. The molecule has 3 aromatic carbocycles. The van der Waals surface area contributed by atoms with Crippen molar-refractivity contribution in [2.45, 2.75) is 19.8 Å². The number of allylic oxidation sites excluding steroid dienone is 1. The number of aryl methyl sites for hydroxylation is 1. The highest BCUT2D eigenvalue weighted by Gasteiger charge is 2.12. The Bertz CT molecular complexity index is 1110. The Kier molecular flexibility index (Phi) is 8.05. The molecule has 0 aliphatic heterocycles. The van der Waals surface area contributed by atoms with E-state index in [1.807, 2.05) is 54.6 Å². The molecular weight excluding hydrogens is 402 g/mol. The molecule has 0 saturated carbocycles. The molecule has 0 bridgehead atoms. The molecule has 0 amide bonds. The summed E-state index contributed by atoms with van der Waals surface area (Å²) in [5, 5.41) is 9.50. The molecule has 0 saturated heterocycles. The fourth-order valence-electron chi connectivity index (χ4n) is 3.16. The summed E-state index contributed by atoms with van der Waals surface area (Å²) in [6.45, 7) is 1.91. The number of esters is 1. The number of methoxy groups -OCH3 is 1. The minimum atomic E-state index is -0.536. The molecular formula is C27H25NO4. The van der Waals surface area contributed by atoms with E-state index in [-0.39, 0.29) is 12.4 Å². The van der Waals surface area contributed by atoms with Crippen LogP contribution in [0, 0.1) is 11.3 Å². The molecule has 5 heteroatoms. The number of hydrogen-bond donors (Lipinski definition) is 0. The van der Waals surface area contributed by atoms with E-state index >= 15 is 0 Å². The van der Waals surface area contributed by atoms with E-state index < -0.39 is 5.97 Å². The van der Waals surface area contributed by atoms with Crippen LogP contribution in [0.5, 0.6) is 17.2 Å². The van der Waals surface area contributed by atoms with Gasteiger partial charge in [-0.25, -0.2) is 4.79 Å². The number of ether oxygens (including phenoxy) is 3. The average Bonchev–Trinajstić information content (AvgIpc) is 2.83. The second-order valence-electron chi connectivity index (χ2n) is 7.10. The van der Waals surface area contributed by atoms with Crippen LogP contribution in [0.3, 0.4) is 0 Å². The molecule has 0 fully saturated rings. The molecule has 0 heterocycles. The first-order valence-corrected chi connectivity index (χ1v) is 10.4. The average molecular weight is 428 g/mol. The zero-order chi connectivity index (χ0) is 22.8. The summed E-state index contributed by atoms with van der Waals surface area (Å²) < 4.78 is 16.3. The van der Waals surface area contributed by atoms with Gasteiger partial charge < -0.3 is 14.2 Å². The van der Waals surface area contributed by atoms with Crippen molar-refractivity contribution in [3.05, 3.63) is 89.5 Å². The molecule has 162 valence electrons. The van der Waals surface area contributed by atoms with Gasteiger partial charge in [0, 0.05) is 0 Å². The van der Waals surface area contributed by atoms with Gasteiger partial charge in [0.05, 0.1) is 18.8 Å². The minimum absolute atomic E-state index is 0.218. The molecule has 0 spiro atoms. The van der Waals surface area contributed by atoms with E-state index in [4.69, 9.17) is 14.2 Å². The summed E-state index contributed by atoms with van der Waals surface area (Å²) in [5.74, 6) is 0.751. The Morgan fingerprint density at radius 1 is 1.00 bits per heavy atom. The molecule has 3 aromatic rings. The molecule has 32 heavy (non-hydrogen) atoms. The van der Waals surface area contributed by atoms with E-state index in [1.54, 1.807) is 24.3 Å². The second kappa shape index (κ2) is 11.4. The van der Waals surface area contributed by atoms with Crippen molar-refractivity contribution in [2.75, 3.05) is 13.7 Å². The van der Waals surface area contributed by atoms with Crippen LogP contribution in [0.15, 0.2) is 72.8 Å². The molecule has 0 aliphatic rings. The largest absolute Gasteiger partial charge is 0.493 e. The SMILES string of the molecule is CCCc1ccc(OCC(=O)Oc2ccc(C=C(C#N)c3ccccc3)cc2OC)cc1. The minimum Gasteiger partial charge on any atom is -0.493 e. The first-order chi connectivity index (χ1) is 15.6. The van der Waals surface area contributed by atoms with Crippen LogP contribution in [0.4, 0.5) is 0 Å². The van der Waals surface area contributed by atoms with E-state index in [1.165, 1.54) is 12.7 Å². The molecule has 0 aromatic heterocycles. The lowest BCUT2D eigenvalue weighted by atomic mass is 10.0. The summed E-state index contributed by atoms with van der Waals surface area (Å²) in [4.78, 5) is 12.3. The predicted octanol–water partition coefficient (Wildman–Crippen LogP) is 5.70. The number of benzene rings is 3. The van der Waals surface area contributed by atoms with Crippen LogP contribution in [0.25, 0.3) is 11.6 Å². The van der Waals surface area contributed by atoms with Gasteiger partial charge in [-0.05, 0) is 53.5 Å². The fraction of sp³-hybridized carbons (Fsp3) is 0.185. The summed E-state index contributed by atoms with van der Waals surface area (Å²) in [5.41, 5.74) is 3.33. The third-order valence-electron chi connectivity index (χ3n) is 4.75. The van der Waals surface area contributed by atoms with Gasteiger partial charge in [-0.2, -0.15) is 5.26 Å². The van der Waals surface area contributed by atoms with Gasteiger partial charge in [0.2, 0.25) is 0 Å². The summed E-state index contributed by atoms with van der Waals surface area (Å²) in [6.07, 6.45) is 3.84. The van der Waals surface area contributed by atoms with Crippen molar-refractivity contribution in [1.82, 2.24) is 0 Å². The smallest absolute Gasteiger partial charge is 0.349 e. The number of rotatable bonds is 9. The Morgan fingerprint density at radius 2 is 1.75 bits per heavy atom. The number of hydrogen-bond acceptors (Lipinski definition) is 5. The number of carbonyl (C=O) groups excluding carboxylic acids is 1. The monoisotopic (exact) mass is 427 g/mol. The highest BCUT2D eigenvalue weighted by atomic mass is 16.6. The Morgan fingerprint density at radius 3 is 2.41 bits per heavy atom. The second-order valence-corrected chi connectivity index (χ2v) is 7.10. The maximum absolute atomic E-state index is 12.3. The maximum Gasteiger partial charge on any atom is 0.349 e. The lowest BCUT2D eigenvalue weighted by Crippen LogP contribution is -2.18. The Labute approximate surface area is 188 Å². The lowest BCUT2D eigenvalue weighted by molar-refractivity contribution is -0.136. The van der Waals surface area contributed by atoms with Crippen LogP contribution < -0.4 is 14.2 Å². The van der Waals surface area contributed by atoms with Crippen molar-refractivity contribution >= 4 is 17.6 Å². The fourth-order valence-corrected chi connectivity index (χ4v) is 3.16. The number of nitrogens with zero attached hydrogens (tertiary/aromatic N) is 1. The van der Waals surface area contributed by atoms with Crippen LogP contribution in [0.1, 0.15) is 30.0 Å². The maximum atomic E-state index is 12.3. The highest BCUT2D eigenvalue weighted by molar-refractivity contribution is 5.89. The van der Waals surface area contributed by atoms with Gasteiger partial charge >= 0.3 is 5.97 Å². The summed E-state index contributed by atoms with van der Waals surface area (Å²) in [6, 6.07) is 24.4. The summed E-state index contributed by atoms with van der Waals surface area (Å²) in [7, 11) is 1.50. The molecule has 0 aliphatic carbocycles. The van der Waals surface area contributed by atoms with E-state index in [2.05, 4.69) is 13.0 Å². The molecule has 5 nitrogen and oxygen atoms in total. The molecule has 0 N–H and O–H groups in total. The van der Waals surface area contributed by atoms with Crippen molar-refractivity contribution < 1.29 is 19.0 Å².